The molecule has 8 heteroatoms. The summed E-state index contributed by atoms with van der Waals surface area (Å²) in [5, 5.41) is 6.76. The predicted molar refractivity (Wildman–Crippen MR) is 131 cm³/mol. The molecule has 1 aliphatic carbocycles. The van der Waals surface area contributed by atoms with Crippen LogP contribution in [-0.2, 0) is 22.7 Å². The van der Waals surface area contributed by atoms with Crippen LogP contribution in [0.15, 0.2) is 48.5 Å². The molecular weight excluding hydrogens is 447 g/mol. The van der Waals surface area contributed by atoms with E-state index < -0.39 is 5.54 Å². The molecule has 0 bridgehead atoms. The second-order valence-electron chi connectivity index (χ2n) is 9.75. The summed E-state index contributed by atoms with van der Waals surface area (Å²) in [5.74, 6) is -1.21. The van der Waals surface area contributed by atoms with E-state index >= 15 is 0 Å². The van der Waals surface area contributed by atoms with Crippen molar-refractivity contribution in [1.29, 1.82) is 0 Å². The number of nitrogens with one attached hydrogen (secondary N) is 2. The van der Waals surface area contributed by atoms with Gasteiger partial charge in [0.25, 0.3) is 5.91 Å². The minimum Gasteiger partial charge on any atom is -0.351 e. The van der Waals surface area contributed by atoms with Crippen molar-refractivity contribution in [3.05, 3.63) is 65.6 Å². The van der Waals surface area contributed by atoms with E-state index in [2.05, 4.69) is 10.6 Å². The molecule has 5 rings (SSSR count). The van der Waals surface area contributed by atoms with Crippen LogP contribution in [-0.4, -0.2) is 38.8 Å². The van der Waals surface area contributed by atoms with Crippen LogP contribution in [0, 0.1) is 5.82 Å². The number of aromatic nitrogens is 1. The lowest BCUT2D eigenvalue weighted by Crippen LogP contribution is -2.64. The van der Waals surface area contributed by atoms with Crippen molar-refractivity contribution in [2.24, 2.45) is 0 Å². The maximum atomic E-state index is 14.1. The molecule has 3 aromatic rings. The standard InChI is InChI=1S/C27H29FN4O3/c1-17(33)29-23-21-9-5-6-10-22(21)31-16-27(2,26(35)30-20-7-3-4-8-20)32(25(34)24(23)31)15-18-11-13-19(28)14-12-18/h5-6,9-14,20H,3-4,7-8,15-16H2,1-2H3,(H,29,33)(H,30,35). The van der Waals surface area contributed by atoms with Gasteiger partial charge in [0, 0.05) is 24.9 Å². The molecule has 0 radical (unpaired) electrons. The van der Waals surface area contributed by atoms with Crippen molar-refractivity contribution in [1.82, 2.24) is 14.8 Å². The summed E-state index contributed by atoms with van der Waals surface area (Å²) in [6.45, 7) is 3.55. The van der Waals surface area contributed by atoms with Crippen LogP contribution in [0.2, 0.25) is 0 Å². The van der Waals surface area contributed by atoms with E-state index in [1.165, 1.54) is 19.1 Å². The molecule has 7 nitrogen and oxygen atoms in total. The molecule has 3 amide bonds. The van der Waals surface area contributed by atoms with Crippen LogP contribution in [0.1, 0.15) is 55.6 Å². The highest BCUT2D eigenvalue weighted by atomic mass is 19.1. The molecule has 2 aliphatic rings. The highest BCUT2D eigenvalue weighted by Gasteiger charge is 2.49. The van der Waals surface area contributed by atoms with Gasteiger partial charge >= 0.3 is 0 Å². The number of benzene rings is 2. The molecule has 0 saturated heterocycles. The topological polar surface area (TPSA) is 83.4 Å². The maximum Gasteiger partial charge on any atom is 0.273 e. The van der Waals surface area contributed by atoms with Gasteiger partial charge in [0.1, 0.15) is 17.1 Å². The lowest BCUT2D eigenvalue weighted by Gasteiger charge is -2.44. The molecule has 182 valence electrons. The highest BCUT2D eigenvalue weighted by Crippen LogP contribution is 2.39. The van der Waals surface area contributed by atoms with Gasteiger partial charge in [-0.3, -0.25) is 14.4 Å². The van der Waals surface area contributed by atoms with E-state index in [0.717, 1.165) is 36.6 Å². The number of halogens is 1. The fraction of sp³-hybridized carbons (Fsp3) is 0.370. The SMILES string of the molecule is CC(=O)Nc1c2n(c3ccccc13)CC(C)(C(=O)NC1CCCC1)N(Cc1ccc(F)cc1)C2=O. The van der Waals surface area contributed by atoms with E-state index in [4.69, 9.17) is 0 Å². The summed E-state index contributed by atoms with van der Waals surface area (Å²) in [5.41, 5.74) is 1.09. The lowest BCUT2D eigenvalue weighted by molar-refractivity contribution is -0.133. The van der Waals surface area contributed by atoms with Crippen LogP contribution in [0.5, 0.6) is 0 Å². The highest BCUT2D eigenvalue weighted by molar-refractivity contribution is 6.14. The maximum absolute atomic E-state index is 14.1. The molecule has 1 saturated carbocycles. The van der Waals surface area contributed by atoms with Crippen molar-refractivity contribution in [2.75, 3.05) is 5.32 Å². The van der Waals surface area contributed by atoms with Crippen LogP contribution >= 0.6 is 0 Å². The van der Waals surface area contributed by atoms with Crippen LogP contribution < -0.4 is 10.6 Å². The average molecular weight is 477 g/mol. The van der Waals surface area contributed by atoms with Gasteiger partial charge in [-0.1, -0.05) is 43.2 Å². The fourth-order valence-corrected chi connectivity index (χ4v) is 5.36. The largest absolute Gasteiger partial charge is 0.351 e. The van der Waals surface area contributed by atoms with E-state index in [1.54, 1.807) is 24.0 Å². The van der Waals surface area contributed by atoms with Crippen molar-refractivity contribution in [2.45, 2.75) is 64.2 Å². The summed E-state index contributed by atoms with van der Waals surface area (Å²) < 4.78 is 15.4. The third kappa shape index (κ3) is 4.07. The third-order valence-corrected chi connectivity index (χ3v) is 7.21. The van der Waals surface area contributed by atoms with E-state index in [-0.39, 0.29) is 42.7 Å². The van der Waals surface area contributed by atoms with E-state index in [1.807, 2.05) is 28.8 Å². The number of amides is 3. The second-order valence-corrected chi connectivity index (χ2v) is 9.75. The minimum absolute atomic E-state index is 0.0971. The molecule has 1 aromatic heterocycles. The van der Waals surface area contributed by atoms with Gasteiger partial charge in [-0.05, 0) is 43.5 Å². The molecule has 2 heterocycles. The number of hydrogen-bond donors (Lipinski definition) is 2. The summed E-state index contributed by atoms with van der Waals surface area (Å²) in [7, 11) is 0. The lowest BCUT2D eigenvalue weighted by atomic mass is 9.93. The van der Waals surface area contributed by atoms with Crippen molar-refractivity contribution in [3.8, 4) is 0 Å². The Morgan fingerprint density at radius 3 is 2.46 bits per heavy atom. The Morgan fingerprint density at radius 1 is 1.09 bits per heavy atom. The van der Waals surface area contributed by atoms with Gasteiger partial charge in [-0.2, -0.15) is 0 Å². The Hall–Kier alpha value is -3.68. The Bertz CT molecular complexity index is 1310. The zero-order chi connectivity index (χ0) is 24.7. The monoisotopic (exact) mass is 476 g/mol. The average Bonchev–Trinajstić information content (AvgIpc) is 3.44. The number of hydrogen-bond acceptors (Lipinski definition) is 3. The third-order valence-electron chi connectivity index (χ3n) is 7.21. The van der Waals surface area contributed by atoms with Gasteiger partial charge in [-0.25, -0.2) is 4.39 Å². The first-order valence-corrected chi connectivity index (χ1v) is 12.0. The molecule has 2 aromatic carbocycles. The molecule has 2 N–H and O–H groups in total. The van der Waals surface area contributed by atoms with Gasteiger partial charge in [0.05, 0.1) is 17.7 Å². The number of nitrogens with zero attached hydrogens (tertiary/aromatic N) is 2. The Labute approximate surface area is 203 Å². The summed E-state index contributed by atoms with van der Waals surface area (Å²) >= 11 is 0. The normalized spacial score (nSPS) is 20.2. The molecule has 0 spiro atoms. The first-order valence-electron chi connectivity index (χ1n) is 12.0. The first-order chi connectivity index (χ1) is 16.8. The summed E-state index contributed by atoms with van der Waals surface area (Å²) in [6, 6.07) is 13.5. The summed E-state index contributed by atoms with van der Waals surface area (Å²) in [4.78, 5) is 41.5. The van der Waals surface area contributed by atoms with E-state index in [0.29, 0.717) is 16.9 Å². The van der Waals surface area contributed by atoms with Gasteiger partial charge in [-0.15, -0.1) is 0 Å². The van der Waals surface area contributed by atoms with Crippen molar-refractivity contribution >= 4 is 34.3 Å². The van der Waals surface area contributed by atoms with Gasteiger partial charge in [0.15, 0.2) is 0 Å². The fourth-order valence-electron chi connectivity index (χ4n) is 5.36. The molecule has 1 unspecified atom stereocenters. The number of anilines is 1. The van der Waals surface area contributed by atoms with Crippen molar-refractivity contribution < 1.29 is 18.8 Å². The quantitative estimate of drug-likeness (QED) is 0.579. The number of rotatable bonds is 5. The van der Waals surface area contributed by atoms with Crippen LogP contribution in [0.3, 0.4) is 0 Å². The minimum atomic E-state index is -1.18. The molecule has 1 atom stereocenters. The molecule has 1 fully saturated rings. The number of carbonyl (C=O) groups excluding carboxylic acids is 3. The number of carbonyl (C=O) groups is 3. The van der Waals surface area contributed by atoms with Crippen molar-refractivity contribution in [3.63, 3.8) is 0 Å². The predicted octanol–water partition coefficient (Wildman–Crippen LogP) is 4.21. The summed E-state index contributed by atoms with van der Waals surface area (Å²) in [6.07, 6.45) is 4.01. The smallest absolute Gasteiger partial charge is 0.273 e. The molecule has 35 heavy (non-hydrogen) atoms. The van der Waals surface area contributed by atoms with Crippen LogP contribution in [0.4, 0.5) is 10.1 Å². The zero-order valence-corrected chi connectivity index (χ0v) is 19.9. The zero-order valence-electron chi connectivity index (χ0n) is 19.9. The Balaban J connectivity index is 1.63. The Morgan fingerprint density at radius 2 is 1.77 bits per heavy atom. The van der Waals surface area contributed by atoms with Gasteiger partial charge < -0.3 is 20.1 Å². The van der Waals surface area contributed by atoms with Crippen LogP contribution in [0.25, 0.3) is 10.9 Å². The number of fused-ring (bicyclic) bond motifs is 3. The molecular formula is C27H29FN4O3. The second kappa shape index (κ2) is 8.83. The van der Waals surface area contributed by atoms with E-state index in [9.17, 15) is 18.8 Å². The molecule has 1 aliphatic heterocycles. The van der Waals surface area contributed by atoms with Gasteiger partial charge in [0.2, 0.25) is 11.8 Å². The Kier molecular flexibility index (Phi) is 5.83. The number of para-hydroxylation sites is 1. The first kappa shape index (κ1) is 23.1.